The molecule has 1 aliphatic rings. The maximum Gasteiger partial charge on any atom is 0.416 e. The molecule has 8 heteroatoms. The molecule has 0 bridgehead atoms. The van der Waals surface area contributed by atoms with Crippen molar-refractivity contribution in [3.05, 3.63) is 59.2 Å². The largest absolute Gasteiger partial charge is 0.493 e. The fourth-order valence-corrected chi connectivity index (χ4v) is 3.92. The summed E-state index contributed by atoms with van der Waals surface area (Å²) in [6, 6.07) is 8.93. The van der Waals surface area contributed by atoms with E-state index in [-0.39, 0.29) is 0 Å². The molecule has 2 aromatic carbocycles. The highest BCUT2D eigenvalue weighted by Gasteiger charge is 2.37. The van der Waals surface area contributed by atoms with Crippen molar-refractivity contribution < 1.29 is 32.5 Å². The molecule has 162 valence electrons. The second-order valence-corrected chi connectivity index (χ2v) is 7.10. The molecule has 1 saturated heterocycles. The summed E-state index contributed by atoms with van der Waals surface area (Å²) in [6.07, 6.45) is -3.25. The molecule has 0 radical (unpaired) electrons. The third-order valence-electron chi connectivity index (χ3n) is 5.27. The zero-order valence-electron chi connectivity index (χ0n) is 16.8. The number of methoxy groups -OCH3 is 1. The van der Waals surface area contributed by atoms with Gasteiger partial charge in [-0.05, 0) is 55.2 Å². The van der Waals surface area contributed by atoms with Crippen molar-refractivity contribution in [1.29, 1.82) is 0 Å². The minimum atomic E-state index is -4.44. The molecular formula is C22H24F3NO4. The van der Waals surface area contributed by atoms with E-state index in [1.807, 2.05) is 11.8 Å². The normalized spacial score (nSPS) is 18.2. The van der Waals surface area contributed by atoms with E-state index >= 15 is 0 Å². The second-order valence-electron chi connectivity index (χ2n) is 7.10. The number of aliphatic carboxylic acids is 1. The van der Waals surface area contributed by atoms with Gasteiger partial charge in [0, 0.05) is 6.54 Å². The van der Waals surface area contributed by atoms with Crippen LogP contribution in [-0.4, -0.2) is 42.3 Å². The van der Waals surface area contributed by atoms with Gasteiger partial charge in [0.05, 0.1) is 25.3 Å². The average Bonchev–Trinajstić information content (AvgIpc) is 3.19. The summed E-state index contributed by atoms with van der Waals surface area (Å²) in [6.45, 7) is 2.82. The fraction of sp³-hybridized carbons (Fsp3) is 0.409. The van der Waals surface area contributed by atoms with Crippen LogP contribution < -0.4 is 9.47 Å². The van der Waals surface area contributed by atoms with Crippen LogP contribution in [0.3, 0.4) is 0 Å². The molecule has 2 unspecified atom stereocenters. The van der Waals surface area contributed by atoms with E-state index in [4.69, 9.17) is 9.47 Å². The smallest absolute Gasteiger partial charge is 0.416 e. The predicted octanol–water partition coefficient (Wildman–Crippen LogP) is 4.75. The first-order valence-corrected chi connectivity index (χ1v) is 9.72. The molecular weight excluding hydrogens is 399 g/mol. The van der Waals surface area contributed by atoms with Gasteiger partial charge in [0.15, 0.2) is 11.5 Å². The van der Waals surface area contributed by atoms with Crippen molar-refractivity contribution in [2.45, 2.75) is 38.0 Å². The lowest BCUT2D eigenvalue weighted by Gasteiger charge is -2.32. The highest BCUT2D eigenvalue weighted by molar-refractivity contribution is 5.74. The summed E-state index contributed by atoms with van der Waals surface area (Å²) in [5.41, 5.74) is 0.566. The lowest BCUT2D eigenvalue weighted by atomic mass is 9.95. The Balaban J connectivity index is 2.07. The topological polar surface area (TPSA) is 59.0 Å². The molecule has 0 saturated carbocycles. The molecule has 0 aromatic heterocycles. The lowest BCUT2D eigenvalue weighted by molar-refractivity contribution is -0.142. The first kappa shape index (κ1) is 22.0. The Kier molecular flexibility index (Phi) is 6.55. The molecule has 0 spiro atoms. The van der Waals surface area contributed by atoms with Crippen LogP contribution in [0.1, 0.15) is 42.5 Å². The number of halogens is 3. The molecule has 2 atom stereocenters. The van der Waals surface area contributed by atoms with Crippen molar-refractivity contribution in [3.63, 3.8) is 0 Å². The van der Waals surface area contributed by atoms with E-state index in [1.165, 1.54) is 19.2 Å². The van der Waals surface area contributed by atoms with Crippen molar-refractivity contribution in [3.8, 4) is 11.5 Å². The second kappa shape index (κ2) is 8.95. The quantitative estimate of drug-likeness (QED) is 0.697. The summed E-state index contributed by atoms with van der Waals surface area (Å²) in [5.74, 6) is 0.0887. The first-order valence-electron chi connectivity index (χ1n) is 9.72. The van der Waals surface area contributed by atoms with Crippen molar-refractivity contribution >= 4 is 5.97 Å². The summed E-state index contributed by atoms with van der Waals surface area (Å²) >= 11 is 0. The Morgan fingerprint density at radius 3 is 2.40 bits per heavy atom. The molecule has 1 fully saturated rings. The number of benzene rings is 2. The van der Waals surface area contributed by atoms with Gasteiger partial charge in [0.1, 0.15) is 6.04 Å². The maximum atomic E-state index is 13.0. The monoisotopic (exact) mass is 423 g/mol. The number of hydrogen-bond acceptors (Lipinski definition) is 4. The number of ether oxygens (including phenoxy) is 2. The van der Waals surface area contributed by atoms with Crippen molar-refractivity contribution in [2.75, 3.05) is 20.3 Å². The van der Waals surface area contributed by atoms with Crippen LogP contribution in [0.2, 0.25) is 0 Å². The van der Waals surface area contributed by atoms with Gasteiger partial charge in [-0.1, -0.05) is 18.2 Å². The van der Waals surface area contributed by atoms with Crippen LogP contribution in [0.25, 0.3) is 0 Å². The maximum absolute atomic E-state index is 13.0. The van der Waals surface area contributed by atoms with Gasteiger partial charge in [0.2, 0.25) is 0 Å². The third kappa shape index (κ3) is 4.53. The van der Waals surface area contributed by atoms with Gasteiger partial charge in [-0.2, -0.15) is 13.2 Å². The van der Waals surface area contributed by atoms with E-state index in [2.05, 4.69) is 0 Å². The predicted molar refractivity (Wildman–Crippen MR) is 105 cm³/mol. The summed E-state index contributed by atoms with van der Waals surface area (Å²) in [5, 5.41) is 9.66. The number of carbonyl (C=O) groups is 1. The van der Waals surface area contributed by atoms with Gasteiger partial charge >= 0.3 is 12.1 Å². The van der Waals surface area contributed by atoms with Gasteiger partial charge < -0.3 is 14.6 Å². The zero-order valence-corrected chi connectivity index (χ0v) is 16.8. The number of nitrogens with zero attached hydrogens (tertiary/aromatic N) is 1. The van der Waals surface area contributed by atoms with E-state index in [0.717, 1.165) is 17.7 Å². The Labute approximate surface area is 173 Å². The number of alkyl halides is 3. The Morgan fingerprint density at radius 1 is 1.17 bits per heavy atom. The average molecular weight is 423 g/mol. The highest BCUT2D eigenvalue weighted by Crippen LogP contribution is 2.39. The first-order chi connectivity index (χ1) is 14.3. The molecule has 1 N–H and O–H groups in total. The number of hydrogen-bond donors (Lipinski definition) is 1. The van der Waals surface area contributed by atoms with Crippen LogP contribution >= 0.6 is 0 Å². The summed E-state index contributed by atoms with van der Waals surface area (Å²) in [7, 11) is 1.50. The van der Waals surface area contributed by atoms with Crippen LogP contribution in [0.4, 0.5) is 13.2 Å². The number of carboxylic acid groups (broad SMARTS) is 1. The van der Waals surface area contributed by atoms with E-state index in [9.17, 15) is 23.1 Å². The molecule has 3 rings (SSSR count). The lowest BCUT2D eigenvalue weighted by Crippen LogP contribution is -2.39. The number of rotatable bonds is 7. The van der Waals surface area contributed by atoms with Gasteiger partial charge in [-0.25, -0.2) is 0 Å². The van der Waals surface area contributed by atoms with Crippen LogP contribution in [0.5, 0.6) is 11.5 Å². The molecule has 30 heavy (non-hydrogen) atoms. The molecule has 0 aliphatic carbocycles. The van der Waals surface area contributed by atoms with E-state index in [0.29, 0.717) is 43.1 Å². The summed E-state index contributed by atoms with van der Waals surface area (Å²) < 4.78 is 50.0. The fourth-order valence-electron chi connectivity index (χ4n) is 3.92. The number of carboxylic acids is 1. The highest BCUT2D eigenvalue weighted by atomic mass is 19.4. The molecule has 1 heterocycles. The van der Waals surface area contributed by atoms with Gasteiger partial charge in [-0.15, -0.1) is 0 Å². The Morgan fingerprint density at radius 2 is 1.83 bits per heavy atom. The van der Waals surface area contributed by atoms with Gasteiger partial charge in [0.25, 0.3) is 0 Å². The molecule has 2 aromatic rings. The summed E-state index contributed by atoms with van der Waals surface area (Å²) in [4.78, 5) is 13.6. The minimum Gasteiger partial charge on any atom is -0.493 e. The minimum absolute atomic E-state index is 0.450. The van der Waals surface area contributed by atoms with Crippen LogP contribution in [0, 0.1) is 0 Å². The Bertz CT molecular complexity index is 883. The van der Waals surface area contributed by atoms with Crippen molar-refractivity contribution in [1.82, 2.24) is 4.90 Å². The van der Waals surface area contributed by atoms with Crippen LogP contribution in [0.15, 0.2) is 42.5 Å². The third-order valence-corrected chi connectivity index (χ3v) is 5.27. The van der Waals surface area contributed by atoms with E-state index in [1.54, 1.807) is 18.2 Å². The molecule has 5 nitrogen and oxygen atoms in total. The van der Waals surface area contributed by atoms with Crippen LogP contribution in [-0.2, 0) is 11.0 Å². The number of likely N-dealkylation sites (tertiary alicyclic amines) is 1. The van der Waals surface area contributed by atoms with Crippen molar-refractivity contribution in [2.24, 2.45) is 0 Å². The Hall–Kier alpha value is -2.74. The molecule has 0 amide bonds. The zero-order chi connectivity index (χ0) is 21.9. The van der Waals surface area contributed by atoms with E-state index < -0.39 is 29.8 Å². The van der Waals surface area contributed by atoms with Gasteiger partial charge in [-0.3, -0.25) is 9.69 Å². The standard InChI is InChI=1S/C22H24F3NO4/c1-3-30-18-11-8-15(13-19(18)29-2)20(26-12-4-5-17(26)21(27)28)14-6-9-16(10-7-14)22(23,24)25/h6-11,13,17,20H,3-5,12H2,1-2H3,(H,27,28). The SMILES string of the molecule is CCOc1ccc(C(c2ccc(C(F)(F)F)cc2)N2CCCC2C(=O)O)cc1OC. The molecule has 1 aliphatic heterocycles.